The summed E-state index contributed by atoms with van der Waals surface area (Å²) in [6.07, 6.45) is -2.95. The van der Waals surface area contributed by atoms with E-state index in [-0.39, 0.29) is 11.1 Å². The van der Waals surface area contributed by atoms with Crippen LogP contribution in [0.2, 0.25) is 0 Å². The molecule has 4 nitrogen and oxygen atoms in total. The molecule has 0 saturated heterocycles. The van der Waals surface area contributed by atoms with Gasteiger partial charge in [-0.05, 0) is 24.6 Å². The molecular formula is C10H8F2O4. The molecule has 0 saturated carbocycles. The predicted octanol–water partition coefficient (Wildman–Crippen LogP) is 2.33. The minimum Gasteiger partial charge on any atom is -0.478 e. The maximum atomic E-state index is 12.6. The van der Waals surface area contributed by atoms with Gasteiger partial charge in [-0.2, -0.15) is 0 Å². The summed E-state index contributed by atoms with van der Waals surface area (Å²) in [5, 5.41) is 17.4. The Balaban J connectivity index is 3.52. The van der Waals surface area contributed by atoms with Gasteiger partial charge in [0.15, 0.2) is 0 Å². The zero-order chi connectivity index (χ0) is 12.5. The van der Waals surface area contributed by atoms with Gasteiger partial charge in [-0.3, -0.25) is 0 Å². The van der Waals surface area contributed by atoms with Gasteiger partial charge in [-0.1, -0.05) is 0 Å². The Labute approximate surface area is 89.1 Å². The van der Waals surface area contributed by atoms with Crippen molar-refractivity contribution in [1.82, 2.24) is 0 Å². The average molecular weight is 230 g/mol. The van der Waals surface area contributed by atoms with Gasteiger partial charge in [0.2, 0.25) is 0 Å². The van der Waals surface area contributed by atoms with Crippen LogP contribution < -0.4 is 0 Å². The highest BCUT2D eigenvalue weighted by Gasteiger charge is 2.22. The Morgan fingerprint density at radius 1 is 1.19 bits per heavy atom. The molecule has 0 heterocycles. The Morgan fingerprint density at radius 3 is 2.12 bits per heavy atom. The van der Waals surface area contributed by atoms with Gasteiger partial charge in [0, 0.05) is 5.56 Å². The minimum absolute atomic E-state index is 0.0488. The van der Waals surface area contributed by atoms with Gasteiger partial charge >= 0.3 is 11.9 Å². The van der Waals surface area contributed by atoms with Crippen molar-refractivity contribution in [3.05, 3.63) is 34.4 Å². The van der Waals surface area contributed by atoms with Gasteiger partial charge in [0.05, 0.1) is 11.1 Å². The van der Waals surface area contributed by atoms with Crippen LogP contribution in [0.4, 0.5) is 8.78 Å². The highest BCUT2D eigenvalue weighted by atomic mass is 19.3. The van der Waals surface area contributed by atoms with Crippen molar-refractivity contribution in [2.24, 2.45) is 0 Å². The molecule has 86 valence electrons. The smallest absolute Gasteiger partial charge is 0.336 e. The Kier molecular flexibility index (Phi) is 3.22. The topological polar surface area (TPSA) is 74.6 Å². The monoisotopic (exact) mass is 230 g/mol. The Bertz CT molecular complexity index is 454. The van der Waals surface area contributed by atoms with E-state index in [2.05, 4.69) is 0 Å². The molecule has 16 heavy (non-hydrogen) atoms. The van der Waals surface area contributed by atoms with E-state index in [1.165, 1.54) is 6.92 Å². The lowest BCUT2D eigenvalue weighted by Gasteiger charge is -2.10. The number of rotatable bonds is 3. The fraction of sp³-hybridized carbons (Fsp3) is 0.200. The van der Waals surface area contributed by atoms with Crippen LogP contribution in [0.1, 0.15) is 38.3 Å². The average Bonchev–Trinajstić information content (AvgIpc) is 2.15. The van der Waals surface area contributed by atoms with E-state index in [0.29, 0.717) is 0 Å². The van der Waals surface area contributed by atoms with E-state index in [1.807, 2.05) is 0 Å². The number of aromatic carboxylic acids is 2. The normalized spacial score (nSPS) is 10.5. The predicted molar refractivity (Wildman–Crippen MR) is 50.1 cm³/mol. The summed E-state index contributed by atoms with van der Waals surface area (Å²) < 4.78 is 25.1. The van der Waals surface area contributed by atoms with Crippen molar-refractivity contribution in [2.45, 2.75) is 13.3 Å². The van der Waals surface area contributed by atoms with Gasteiger partial charge in [-0.15, -0.1) is 0 Å². The first kappa shape index (κ1) is 12.1. The second-order valence-electron chi connectivity index (χ2n) is 3.17. The number of carbonyl (C=O) groups is 2. The Morgan fingerprint density at radius 2 is 1.75 bits per heavy atom. The van der Waals surface area contributed by atoms with Crippen molar-refractivity contribution >= 4 is 11.9 Å². The van der Waals surface area contributed by atoms with Gasteiger partial charge in [0.1, 0.15) is 0 Å². The SMILES string of the molecule is Cc1cc(C(=O)O)cc(C(=O)O)c1C(F)F. The summed E-state index contributed by atoms with van der Waals surface area (Å²) in [6, 6.07) is 1.76. The van der Waals surface area contributed by atoms with Gasteiger partial charge in [-0.25, -0.2) is 18.4 Å². The third kappa shape index (κ3) is 2.16. The van der Waals surface area contributed by atoms with E-state index < -0.39 is 29.5 Å². The van der Waals surface area contributed by atoms with E-state index in [4.69, 9.17) is 10.2 Å². The molecule has 0 fully saturated rings. The lowest BCUT2D eigenvalue weighted by molar-refractivity contribution is 0.0684. The molecule has 0 amide bonds. The minimum atomic E-state index is -2.95. The molecule has 0 atom stereocenters. The molecule has 1 rings (SSSR count). The van der Waals surface area contributed by atoms with Crippen molar-refractivity contribution in [1.29, 1.82) is 0 Å². The molecule has 0 aliphatic carbocycles. The molecule has 0 unspecified atom stereocenters. The second-order valence-corrected chi connectivity index (χ2v) is 3.17. The molecule has 0 aliphatic heterocycles. The van der Waals surface area contributed by atoms with Crippen LogP contribution in [0.5, 0.6) is 0 Å². The fourth-order valence-electron chi connectivity index (χ4n) is 1.39. The molecule has 6 heteroatoms. The number of halogens is 2. The van der Waals surface area contributed by atoms with Crippen LogP contribution in [-0.2, 0) is 0 Å². The zero-order valence-electron chi connectivity index (χ0n) is 8.20. The first-order valence-corrected chi connectivity index (χ1v) is 4.24. The molecule has 2 N–H and O–H groups in total. The molecule has 0 aliphatic rings. The van der Waals surface area contributed by atoms with Crippen molar-refractivity contribution in [3.8, 4) is 0 Å². The number of benzene rings is 1. The van der Waals surface area contributed by atoms with Crippen LogP contribution in [0.15, 0.2) is 12.1 Å². The molecule has 1 aromatic carbocycles. The number of carboxylic acids is 2. The summed E-state index contributed by atoms with van der Waals surface area (Å²) in [5.74, 6) is -2.92. The van der Waals surface area contributed by atoms with Gasteiger partial charge in [0.25, 0.3) is 6.43 Å². The summed E-state index contributed by atoms with van der Waals surface area (Å²) in [6.45, 7) is 1.25. The van der Waals surface area contributed by atoms with E-state index in [0.717, 1.165) is 12.1 Å². The maximum Gasteiger partial charge on any atom is 0.336 e. The molecule has 1 aromatic rings. The number of hydrogen-bond acceptors (Lipinski definition) is 2. The number of aryl methyl sites for hydroxylation is 1. The number of carboxylic acid groups (broad SMARTS) is 2. The van der Waals surface area contributed by atoms with Crippen LogP contribution >= 0.6 is 0 Å². The molecular weight excluding hydrogens is 222 g/mol. The van der Waals surface area contributed by atoms with E-state index in [1.54, 1.807) is 0 Å². The summed E-state index contributed by atoms with van der Waals surface area (Å²) >= 11 is 0. The van der Waals surface area contributed by atoms with Crippen LogP contribution in [0, 0.1) is 6.92 Å². The van der Waals surface area contributed by atoms with Crippen molar-refractivity contribution < 1.29 is 28.6 Å². The van der Waals surface area contributed by atoms with Gasteiger partial charge < -0.3 is 10.2 Å². The highest BCUT2D eigenvalue weighted by Crippen LogP contribution is 2.27. The van der Waals surface area contributed by atoms with Crippen LogP contribution in [0.25, 0.3) is 0 Å². The molecule has 0 radical (unpaired) electrons. The lowest BCUT2D eigenvalue weighted by atomic mass is 9.98. The van der Waals surface area contributed by atoms with E-state index in [9.17, 15) is 18.4 Å². The lowest BCUT2D eigenvalue weighted by Crippen LogP contribution is -2.09. The number of hydrogen-bond donors (Lipinski definition) is 2. The van der Waals surface area contributed by atoms with Crippen LogP contribution in [0.3, 0.4) is 0 Å². The number of alkyl halides is 2. The summed E-state index contributed by atoms with van der Waals surface area (Å²) in [4.78, 5) is 21.4. The fourth-order valence-corrected chi connectivity index (χ4v) is 1.39. The molecule has 0 bridgehead atoms. The highest BCUT2D eigenvalue weighted by molar-refractivity contribution is 5.95. The third-order valence-corrected chi connectivity index (χ3v) is 2.08. The third-order valence-electron chi connectivity index (χ3n) is 2.08. The van der Waals surface area contributed by atoms with E-state index >= 15 is 0 Å². The quantitative estimate of drug-likeness (QED) is 0.835. The first-order valence-electron chi connectivity index (χ1n) is 4.24. The standard InChI is InChI=1S/C10H8F2O4/c1-4-2-5(9(13)14)3-6(10(15)16)7(4)8(11)12/h2-3,8H,1H3,(H,13,14)(H,15,16). The molecule has 0 aromatic heterocycles. The largest absolute Gasteiger partial charge is 0.478 e. The Hall–Kier alpha value is -1.98. The summed E-state index contributed by atoms with van der Waals surface area (Å²) in [7, 11) is 0. The molecule has 0 spiro atoms. The maximum absolute atomic E-state index is 12.6. The van der Waals surface area contributed by atoms with Crippen molar-refractivity contribution in [3.63, 3.8) is 0 Å². The second kappa shape index (κ2) is 4.26. The van der Waals surface area contributed by atoms with Crippen molar-refractivity contribution in [2.75, 3.05) is 0 Å². The summed E-state index contributed by atoms with van der Waals surface area (Å²) in [5.41, 5.74) is -1.68. The van der Waals surface area contributed by atoms with Crippen LogP contribution in [-0.4, -0.2) is 22.2 Å². The zero-order valence-corrected chi connectivity index (χ0v) is 8.20. The first-order chi connectivity index (χ1) is 7.34.